The molecule has 1 amide bonds. The minimum Gasteiger partial charge on any atom is -0.350 e. The van der Waals surface area contributed by atoms with Crippen LogP contribution in [0.2, 0.25) is 0 Å². The third kappa shape index (κ3) is 2.07. The Hall–Kier alpha value is -2.26. The molecule has 2 aromatic carbocycles. The number of carbonyl (C=O) groups excluding carboxylic acids is 1. The van der Waals surface area contributed by atoms with Gasteiger partial charge in [-0.15, -0.1) is 11.6 Å². The molecule has 116 valence electrons. The van der Waals surface area contributed by atoms with Crippen LogP contribution in [0.1, 0.15) is 27.5 Å². The molecule has 1 aliphatic rings. The molecule has 3 nitrogen and oxygen atoms in total. The second kappa shape index (κ2) is 5.43. The quantitative estimate of drug-likeness (QED) is 0.669. The van der Waals surface area contributed by atoms with Crippen molar-refractivity contribution in [1.82, 2.24) is 9.47 Å². The first kappa shape index (κ1) is 14.3. The summed E-state index contributed by atoms with van der Waals surface area (Å²) in [6, 6.07) is 16.1. The monoisotopic (exact) mass is 324 g/mol. The van der Waals surface area contributed by atoms with Gasteiger partial charge in [-0.1, -0.05) is 36.4 Å². The number of rotatable bonds is 3. The predicted octanol–water partition coefficient (Wildman–Crippen LogP) is 3.96. The van der Waals surface area contributed by atoms with Gasteiger partial charge in [-0.3, -0.25) is 4.79 Å². The summed E-state index contributed by atoms with van der Waals surface area (Å²) in [6.45, 7) is 0.545. The van der Waals surface area contributed by atoms with Gasteiger partial charge in [0.1, 0.15) is 0 Å². The van der Waals surface area contributed by atoms with Gasteiger partial charge in [-0.25, -0.2) is 0 Å². The minimum absolute atomic E-state index is 0.0662. The Balaban J connectivity index is 1.96. The van der Waals surface area contributed by atoms with E-state index in [9.17, 15) is 4.79 Å². The zero-order chi connectivity index (χ0) is 16.0. The molecule has 0 unspecified atom stereocenters. The van der Waals surface area contributed by atoms with Crippen LogP contribution in [0.25, 0.3) is 10.9 Å². The second-order valence-corrected chi connectivity index (χ2v) is 6.27. The molecule has 0 saturated heterocycles. The molecule has 0 N–H and O–H groups in total. The highest BCUT2D eigenvalue weighted by atomic mass is 35.5. The fourth-order valence-corrected chi connectivity index (χ4v) is 3.80. The van der Waals surface area contributed by atoms with Crippen molar-refractivity contribution in [2.45, 2.75) is 6.04 Å². The fraction of sp³-hybridized carbons (Fsp3) is 0.211. The van der Waals surface area contributed by atoms with Crippen LogP contribution in [0.4, 0.5) is 0 Å². The van der Waals surface area contributed by atoms with E-state index in [0.29, 0.717) is 12.4 Å². The first-order chi connectivity index (χ1) is 11.2. The summed E-state index contributed by atoms with van der Waals surface area (Å²) in [7, 11) is 2.04. The summed E-state index contributed by atoms with van der Waals surface area (Å²) in [5.74, 6) is 0.500. The number of carbonyl (C=O) groups is 1. The Morgan fingerprint density at radius 3 is 2.61 bits per heavy atom. The molecule has 3 aromatic rings. The fourth-order valence-electron chi connectivity index (χ4n) is 3.62. The van der Waals surface area contributed by atoms with E-state index in [0.717, 1.165) is 16.7 Å². The lowest BCUT2D eigenvalue weighted by atomic mass is 9.97. The number of nitrogens with zero attached hydrogens (tertiary/aromatic N) is 2. The molecular weight excluding hydrogens is 308 g/mol. The van der Waals surface area contributed by atoms with Crippen LogP contribution >= 0.6 is 11.6 Å². The van der Waals surface area contributed by atoms with Crippen molar-refractivity contribution >= 4 is 28.4 Å². The molecular formula is C19H17ClN2O. The average Bonchev–Trinajstić information content (AvgIpc) is 3.05. The smallest absolute Gasteiger partial charge is 0.255 e. The SMILES string of the molecule is Cn1cc([C@@H]2c3ccccc3C(=O)N2CCCl)c2ccccc21. The first-order valence-corrected chi connectivity index (χ1v) is 8.25. The minimum atomic E-state index is -0.0662. The maximum Gasteiger partial charge on any atom is 0.255 e. The Bertz CT molecular complexity index is 899. The van der Waals surface area contributed by atoms with E-state index in [-0.39, 0.29) is 11.9 Å². The van der Waals surface area contributed by atoms with Crippen LogP contribution in [0.3, 0.4) is 0 Å². The Kier molecular flexibility index (Phi) is 3.38. The number of aryl methyl sites for hydroxylation is 1. The predicted molar refractivity (Wildman–Crippen MR) is 93.0 cm³/mol. The molecule has 1 aromatic heterocycles. The van der Waals surface area contributed by atoms with Gasteiger partial charge in [0.15, 0.2) is 0 Å². The molecule has 2 heterocycles. The van der Waals surface area contributed by atoms with Crippen molar-refractivity contribution in [1.29, 1.82) is 0 Å². The van der Waals surface area contributed by atoms with Gasteiger partial charge in [0.2, 0.25) is 0 Å². The number of benzene rings is 2. The van der Waals surface area contributed by atoms with Gasteiger partial charge in [0.05, 0.1) is 6.04 Å². The molecule has 4 heteroatoms. The first-order valence-electron chi connectivity index (χ1n) is 7.72. The number of halogens is 1. The van der Waals surface area contributed by atoms with Gasteiger partial charge < -0.3 is 9.47 Å². The summed E-state index contributed by atoms with van der Waals surface area (Å²) in [4.78, 5) is 14.7. The molecule has 0 aliphatic carbocycles. The third-order valence-corrected chi connectivity index (χ3v) is 4.78. The summed E-state index contributed by atoms with van der Waals surface area (Å²) in [5, 5.41) is 1.18. The van der Waals surface area contributed by atoms with Crippen molar-refractivity contribution in [2.75, 3.05) is 12.4 Å². The highest BCUT2D eigenvalue weighted by molar-refractivity contribution is 6.18. The van der Waals surface area contributed by atoms with Gasteiger partial charge in [0.25, 0.3) is 5.91 Å². The second-order valence-electron chi connectivity index (χ2n) is 5.89. The largest absolute Gasteiger partial charge is 0.350 e. The zero-order valence-electron chi connectivity index (χ0n) is 12.9. The van der Waals surface area contributed by atoms with Crippen LogP contribution in [0, 0.1) is 0 Å². The molecule has 4 rings (SSSR count). The number of alkyl halides is 1. The van der Waals surface area contributed by atoms with Gasteiger partial charge in [-0.05, 0) is 17.7 Å². The van der Waals surface area contributed by atoms with E-state index < -0.39 is 0 Å². The van der Waals surface area contributed by atoms with Crippen LogP contribution in [-0.2, 0) is 7.05 Å². The molecule has 1 atom stereocenters. The molecule has 0 fully saturated rings. The summed E-state index contributed by atoms with van der Waals surface area (Å²) in [5.41, 5.74) is 4.19. The number of para-hydroxylation sites is 1. The Morgan fingerprint density at radius 1 is 1.04 bits per heavy atom. The van der Waals surface area contributed by atoms with E-state index >= 15 is 0 Å². The van der Waals surface area contributed by atoms with E-state index in [1.807, 2.05) is 48.3 Å². The van der Waals surface area contributed by atoms with E-state index in [2.05, 4.69) is 22.9 Å². The lowest BCUT2D eigenvalue weighted by Crippen LogP contribution is -2.30. The topological polar surface area (TPSA) is 25.2 Å². The number of fused-ring (bicyclic) bond motifs is 2. The number of amides is 1. The maximum atomic E-state index is 12.8. The number of hydrogen-bond acceptors (Lipinski definition) is 1. The lowest BCUT2D eigenvalue weighted by Gasteiger charge is -2.24. The van der Waals surface area contributed by atoms with Gasteiger partial charge in [-0.2, -0.15) is 0 Å². The molecule has 0 spiro atoms. The maximum absolute atomic E-state index is 12.8. The molecule has 0 radical (unpaired) electrons. The van der Waals surface area contributed by atoms with Crippen LogP contribution in [0.15, 0.2) is 54.7 Å². The summed E-state index contributed by atoms with van der Waals surface area (Å²) >= 11 is 5.97. The number of aromatic nitrogens is 1. The van der Waals surface area contributed by atoms with Crippen molar-refractivity contribution < 1.29 is 4.79 Å². The van der Waals surface area contributed by atoms with Gasteiger partial charge in [0, 0.05) is 47.7 Å². The van der Waals surface area contributed by atoms with Crippen molar-refractivity contribution in [3.8, 4) is 0 Å². The summed E-state index contributed by atoms with van der Waals surface area (Å²) in [6.07, 6.45) is 2.13. The van der Waals surface area contributed by atoms with Crippen molar-refractivity contribution in [2.24, 2.45) is 7.05 Å². The van der Waals surface area contributed by atoms with E-state index in [1.54, 1.807) is 0 Å². The lowest BCUT2D eigenvalue weighted by molar-refractivity contribution is 0.0761. The average molecular weight is 325 g/mol. The van der Waals surface area contributed by atoms with Crippen LogP contribution in [0.5, 0.6) is 0 Å². The summed E-state index contributed by atoms with van der Waals surface area (Å²) < 4.78 is 2.12. The Morgan fingerprint density at radius 2 is 1.78 bits per heavy atom. The van der Waals surface area contributed by atoms with E-state index in [4.69, 9.17) is 11.6 Å². The standard InChI is InChI=1S/C19H17ClN2O/c1-21-12-16(13-6-4-5-9-17(13)21)18-14-7-2-3-8-15(14)19(23)22(18)11-10-20/h2-9,12,18H,10-11H2,1H3/t18-/m0/s1. The highest BCUT2D eigenvalue weighted by Gasteiger charge is 2.38. The third-order valence-electron chi connectivity index (χ3n) is 4.61. The van der Waals surface area contributed by atoms with Crippen molar-refractivity contribution in [3.63, 3.8) is 0 Å². The van der Waals surface area contributed by atoms with Crippen LogP contribution < -0.4 is 0 Å². The van der Waals surface area contributed by atoms with Gasteiger partial charge >= 0.3 is 0 Å². The van der Waals surface area contributed by atoms with Crippen LogP contribution in [-0.4, -0.2) is 27.8 Å². The molecule has 1 aliphatic heterocycles. The Labute approximate surface area is 140 Å². The highest BCUT2D eigenvalue weighted by Crippen LogP contribution is 2.41. The molecule has 0 bridgehead atoms. The zero-order valence-corrected chi connectivity index (χ0v) is 13.6. The normalized spacial score (nSPS) is 17.0. The van der Waals surface area contributed by atoms with E-state index in [1.165, 1.54) is 10.9 Å². The van der Waals surface area contributed by atoms with Crippen molar-refractivity contribution in [3.05, 3.63) is 71.4 Å². The molecule has 23 heavy (non-hydrogen) atoms. The molecule has 0 saturated carbocycles. The number of hydrogen-bond donors (Lipinski definition) is 0.